The van der Waals surface area contributed by atoms with E-state index in [-0.39, 0.29) is 18.4 Å². The first-order valence-electron chi connectivity index (χ1n) is 2.40. The van der Waals surface area contributed by atoms with E-state index in [9.17, 15) is 9.18 Å². The van der Waals surface area contributed by atoms with Crippen LogP contribution >= 0.6 is 0 Å². The van der Waals surface area contributed by atoms with Crippen LogP contribution in [0.25, 0.3) is 0 Å². The summed E-state index contributed by atoms with van der Waals surface area (Å²) < 4.78 is 11.5. The van der Waals surface area contributed by atoms with Crippen LogP contribution in [0.2, 0.25) is 0 Å². The summed E-state index contributed by atoms with van der Waals surface area (Å²) in [5.41, 5.74) is 0. The van der Waals surface area contributed by atoms with Crippen LogP contribution in [0.1, 0.15) is 12.8 Å². The van der Waals surface area contributed by atoms with Gasteiger partial charge in [0.2, 0.25) is 0 Å². The largest absolute Gasteiger partial charge is 0.300 e. The monoisotopic (exact) mass is 102 g/mol. The van der Waals surface area contributed by atoms with Crippen molar-refractivity contribution in [1.29, 1.82) is 0 Å². The summed E-state index contributed by atoms with van der Waals surface area (Å²) in [5.74, 6) is 0.287. The molecule has 0 aromatic rings. The van der Waals surface area contributed by atoms with Gasteiger partial charge < -0.3 is 0 Å². The van der Waals surface area contributed by atoms with Crippen LogP contribution in [0, 0.1) is 5.92 Å². The second-order valence-corrected chi connectivity index (χ2v) is 1.97. The Balaban J connectivity index is 2.17. The number of hydrogen-bond acceptors (Lipinski definition) is 1. The molecule has 1 aliphatic carbocycles. The lowest BCUT2D eigenvalue weighted by Gasteiger charge is -2.19. The second kappa shape index (κ2) is 1.60. The van der Waals surface area contributed by atoms with Gasteiger partial charge in [0.25, 0.3) is 0 Å². The zero-order valence-corrected chi connectivity index (χ0v) is 3.98. The third-order valence-corrected chi connectivity index (χ3v) is 1.25. The predicted molar refractivity (Wildman–Crippen MR) is 23.7 cm³/mol. The van der Waals surface area contributed by atoms with Crippen LogP contribution in [0.5, 0.6) is 0 Å². The smallest absolute Gasteiger partial charge is 0.133 e. The summed E-state index contributed by atoms with van der Waals surface area (Å²) in [5, 5.41) is 0. The molecule has 0 spiro atoms. The molecule has 0 aliphatic heterocycles. The number of ketones is 1. The molecule has 1 saturated carbocycles. The number of halogens is 1. The molecule has 0 N–H and O–H groups in total. The molecular formula is C5H7FO. The lowest BCUT2D eigenvalue weighted by atomic mass is 9.85. The van der Waals surface area contributed by atoms with Gasteiger partial charge in [0, 0.05) is 18.8 Å². The number of Topliss-reactive ketones (excluding diaryl/α,β-unsaturated/α-hetero) is 1. The Morgan fingerprint density at radius 2 is 2.29 bits per heavy atom. The molecule has 0 amide bonds. The fraction of sp³-hybridized carbons (Fsp3) is 0.800. The topological polar surface area (TPSA) is 17.1 Å². The first-order chi connectivity index (χ1) is 3.33. The fourth-order valence-electron chi connectivity index (χ4n) is 0.693. The molecule has 0 atom stereocenters. The van der Waals surface area contributed by atoms with Crippen LogP contribution < -0.4 is 0 Å². The normalized spacial score (nSPS) is 22.1. The van der Waals surface area contributed by atoms with Crippen molar-refractivity contribution in [2.24, 2.45) is 5.92 Å². The number of rotatable bonds is 1. The zero-order chi connectivity index (χ0) is 5.28. The Morgan fingerprint density at radius 1 is 1.71 bits per heavy atom. The standard InChI is InChI=1S/C5H7FO/c6-3-4-1-5(7)2-4/h4H,1-3H2. The van der Waals surface area contributed by atoms with E-state index in [2.05, 4.69) is 0 Å². The van der Waals surface area contributed by atoms with E-state index in [0.717, 1.165) is 0 Å². The quantitative estimate of drug-likeness (QED) is 0.481. The van der Waals surface area contributed by atoms with Crippen LogP contribution in [0.15, 0.2) is 0 Å². The summed E-state index contributed by atoms with van der Waals surface area (Å²) in [4.78, 5) is 10.1. The Kier molecular flexibility index (Phi) is 1.09. The van der Waals surface area contributed by atoms with E-state index in [1.54, 1.807) is 0 Å². The van der Waals surface area contributed by atoms with E-state index in [1.165, 1.54) is 0 Å². The molecule has 1 nitrogen and oxygen atoms in total. The van der Waals surface area contributed by atoms with Crippen molar-refractivity contribution in [3.63, 3.8) is 0 Å². The molecule has 40 valence electrons. The molecule has 1 aliphatic rings. The zero-order valence-electron chi connectivity index (χ0n) is 3.98. The van der Waals surface area contributed by atoms with Gasteiger partial charge in [-0.15, -0.1) is 0 Å². The van der Waals surface area contributed by atoms with E-state index in [1.807, 2.05) is 0 Å². The van der Waals surface area contributed by atoms with Gasteiger partial charge in [-0.05, 0) is 0 Å². The number of hydrogen-bond donors (Lipinski definition) is 0. The van der Waals surface area contributed by atoms with Gasteiger partial charge in [0.15, 0.2) is 0 Å². The molecule has 0 unspecified atom stereocenters. The van der Waals surface area contributed by atoms with Gasteiger partial charge in [0.1, 0.15) is 5.78 Å². The molecule has 1 fully saturated rings. The summed E-state index contributed by atoms with van der Waals surface area (Å²) in [6.45, 7) is -0.314. The predicted octanol–water partition coefficient (Wildman–Crippen LogP) is 0.935. The summed E-state index contributed by atoms with van der Waals surface area (Å²) in [6, 6.07) is 0. The number of alkyl halides is 1. The van der Waals surface area contributed by atoms with Crippen molar-refractivity contribution in [1.82, 2.24) is 0 Å². The van der Waals surface area contributed by atoms with Crippen LogP contribution in [-0.4, -0.2) is 12.5 Å². The molecule has 0 aromatic heterocycles. The minimum atomic E-state index is -0.314. The van der Waals surface area contributed by atoms with Gasteiger partial charge in [0.05, 0.1) is 6.67 Å². The first kappa shape index (κ1) is 4.75. The minimum absolute atomic E-state index is 0.0764. The Hall–Kier alpha value is -0.400. The highest BCUT2D eigenvalue weighted by Gasteiger charge is 2.25. The molecule has 7 heavy (non-hydrogen) atoms. The maximum Gasteiger partial charge on any atom is 0.133 e. The van der Waals surface area contributed by atoms with Gasteiger partial charge in [-0.3, -0.25) is 9.18 Å². The van der Waals surface area contributed by atoms with E-state index in [0.29, 0.717) is 12.8 Å². The van der Waals surface area contributed by atoms with Crippen molar-refractivity contribution in [3.05, 3.63) is 0 Å². The minimum Gasteiger partial charge on any atom is -0.300 e. The molecule has 0 saturated heterocycles. The lowest BCUT2D eigenvalue weighted by molar-refractivity contribution is -0.127. The Morgan fingerprint density at radius 3 is 2.43 bits per heavy atom. The summed E-state index contributed by atoms with van der Waals surface area (Å²) >= 11 is 0. The Labute approximate surface area is 41.5 Å². The average molecular weight is 102 g/mol. The number of carbonyl (C=O) groups is 1. The summed E-state index contributed by atoms with van der Waals surface area (Å²) in [6.07, 6.45) is 0.965. The van der Waals surface area contributed by atoms with E-state index < -0.39 is 0 Å². The SMILES string of the molecule is O=C1CC(CF)C1. The van der Waals surface area contributed by atoms with Crippen molar-refractivity contribution in [2.75, 3.05) is 6.67 Å². The van der Waals surface area contributed by atoms with Crippen molar-refractivity contribution < 1.29 is 9.18 Å². The van der Waals surface area contributed by atoms with Crippen LogP contribution in [-0.2, 0) is 4.79 Å². The highest BCUT2D eigenvalue weighted by Crippen LogP contribution is 2.22. The highest BCUT2D eigenvalue weighted by atomic mass is 19.1. The average Bonchev–Trinajstić information content (AvgIpc) is 1.58. The maximum absolute atomic E-state index is 11.5. The Bertz CT molecular complexity index is 82.1. The molecule has 0 radical (unpaired) electrons. The molecule has 0 aromatic carbocycles. The van der Waals surface area contributed by atoms with E-state index in [4.69, 9.17) is 0 Å². The molecule has 0 bridgehead atoms. The fourth-order valence-corrected chi connectivity index (χ4v) is 0.693. The van der Waals surface area contributed by atoms with Crippen molar-refractivity contribution in [3.8, 4) is 0 Å². The summed E-state index contributed by atoms with van der Waals surface area (Å²) in [7, 11) is 0. The number of carbonyl (C=O) groups excluding carboxylic acids is 1. The molecule has 1 rings (SSSR count). The third kappa shape index (κ3) is 0.787. The molecular weight excluding hydrogens is 95.1 g/mol. The van der Waals surface area contributed by atoms with Crippen LogP contribution in [0.3, 0.4) is 0 Å². The van der Waals surface area contributed by atoms with E-state index >= 15 is 0 Å². The van der Waals surface area contributed by atoms with Gasteiger partial charge in [-0.1, -0.05) is 0 Å². The van der Waals surface area contributed by atoms with Gasteiger partial charge in [-0.2, -0.15) is 0 Å². The van der Waals surface area contributed by atoms with Gasteiger partial charge in [-0.25, -0.2) is 0 Å². The van der Waals surface area contributed by atoms with Crippen molar-refractivity contribution >= 4 is 5.78 Å². The van der Waals surface area contributed by atoms with Crippen molar-refractivity contribution in [2.45, 2.75) is 12.8 Å². The third-order valence-electron chi connectivity index (χ3n) is 1.25. The molecule has 2 heteroatoms. The molecule has 0 heterocycles. The lowest BCUT2D eigenvalue weighted by Crippen LogP contribution is -2.24. The second-order valence-electron chi connectivity index (χ2n) is 1.97. The maximum atomic E-state index is 11.5. The van der Waals surface area contributed by atoms with Gasteiger partial charge >= 0.3 is 0 Å². The highest BCUT2D eigenvalue weighted by molar-refractivity contribution is 5.84. The first-order valence-corrected chi connectivity index (χ1v) is 2.40. The van der Waals surface area contributed by atoms with Crippen LogP contribution in [0.4, 0.5) is 4.39 Å².